The molecule has 0 aromatic heterocycles. The fourth-order valence-corrected chi connectivity index (χ4v) is 0.893. The third kappa shape index (κ3) is 14.4. The van der Waals surface area contributed by atoms with Crippen molar-refractivity contribution in [1.82, 2.24) is 0 Å². The second-order valence-corrected chi connectivity index (χ2v) is 4.88. The first-order valence-corrected chi connectivity index (χ1v) is 5.60. The topological polar surface area (TPSA) is 40.5 Å². The summed E-state index contributed by atoms with van der Waals surface area (Å²) in [6, 6.07) is 0. The van der Waals surface area contributed by atoms with E-state index in [4.69, 9.17) is 10.2 Å². The minimum atomic E-state index is -0.125. The molecule has 0 saturated carbocycles. The molecule has 2 N–H and O–H groups in total. The zero-order valence-corrected chi connectivity index (χ0v) is 10.6. The summed E-state index contributed by atoms with van der Waals surface area (Å²) in [6.45, 7) is 12.6. The van der Waals surface area contributed by atoms with Crippen molar-refractivity contribution in [2.75, 3.05) is 6.61 Å². The SMILES string of the molecule is CC(C)C(C)CO.CC(C)CC(C)O. The van der Waals surface area contributed by atoms with Gasteiger partial charge in [0.05, 0.1) is 6.10 Å². The predicted molar refractivity (Wildman–Crippen MR) is 62.2 cm³/mol. The molecule has 0 spiro atoms. The minimum absolute atomic E-state index is 0.125. The van der Waals surface area contributed by atoms with E-state index in [1.54, 1.807) is 0 Å². The summed E-state index contributed by atoms with van der Waals surface area (Å²) in [4.78, 5) is 0. The maximum absolute atomic E-state index is 8.72. The summed E-state index contributed by atoms with van der Waals surface area (Å²) < 4.78 is 0. The maximum atomic E-state index is 8.72. The van der Waals surface area contributed by atoms with Crippen molar-refractivity contribution in [3.8, 4) is 0 Å². The molecule has 0 amide bonds. The van der Waals surface area contributed by atoms with Crippen LogP contribution in [0.1, 0.15) is 48.0 Å². The Morgan fingerprint density at radius 2 is 1.36 bits per heavy atom. The minimum Gasteiger partial charge on any atom is -0.396 e. The second-order valence-electron chi connectivity index (χ2n) is 4.88. The molecular formula is C12H28O2. The number of aliphatic hydroxyl groups is 2. The molecule has 2 unspecified atom stereocenters. The number of hydrogen-bond donors (Lipinski definition) is 2. The molecule has 0 bridgehead atoms. The van der Waals surface area contributed by atoms with Crippen LogP contribution in [-0.2, 0) is 0 Å². The van der Waals surface area contributed by atoms with Crippen LogP contribution in [0.4, 0.5) is 0 Å². The Morgan fingerprint density at radius 3 is 1.36 bits per heavy atom. The van der Waals surface area contributed by atoms with Crippen molar-refractivity contribution in [1.29, 1.82) is 0 Å². The molecule has 0 aromatic rings. The van der Waals surface area contributed by atoms with E-state index >= 15 is 0 Å². The summed E-state index contributed by atoms with van der Waals surface area (Å²) in [6.07, 6.45) is 0.792. The van der Waals surface area contributed by atoms with E-state index < -0.39 is 0 Å². The molecule has 14 heavy (non-hydrogen) atoms. The molecule has 0 heterocycles. The Kier molecular flexibility index (Phi) is 11.1. The quantitative estimate of drug-likeness (QED) is 0.739. The van der Waals surface area contributed by atoms with Crippen molar-refractivity contribution in [3.05, 3.63) is 0 Å². The van der Waals surface area contributed by atoms with Crippen LogP contribution in [0, 0.1) is 17.8 Å². The van der Waals surface area contributed by atoms with Gasteiger partial charge in [-0.05, 0) is 31.1 Å². The Labute approximate surface area is 89.3 Å². The summed E-state index contributed by atoms with van der Waals surface area (Å²) >= 11 is 0. The highest BCUT2D eigenvalue weighted by atomic mass is 16.3. The summed E-state index contributed by atoms with van der Waals surface area (Å²) in [5.41, 5.74) is 0. The molecule has 0 aliphatic carbocycles. The lowest BCUT2D eigenvalue weighted by Crippen LogP contribution is -2.07. The van der Waals surface area contributed by atoms with Crippen LogP contribution in [0.15, 0.2) is 0 Å². The van der Waals surface area contributed by atoms with Gasteiger partial charge in [-0.2, -0.15) is 0 Å². The predicted octanol–water partition coefficient (Wildman–Crippen LogP) is 2.68. The second kappa shape index (κ2) is 9.47. The molecule has 88 valence electrons. The average molecular weight is 204 g/mol. The van der Waals surface area contributed by atoms with Crippen LogP contribution < -0.4 is 0 Å². The highest BCUT2D eigenvalue weighted by Crippen LogP contribution is 2.06. The fourth-order valence-electron chi connectivity index (χ4n) is 0.893. The van der Waals surface area contributed by atoms with Gasteiger partial charge in [0.1, 0.15) is 0 Å². The van der Waals surface area contributed by atoms with Gasteiger partial charge in [0.25, 0.3) is 0 Å². The molecule has 0 aliphatic heterocycles. The lowest BCUT2D eigenvalue weighted by Gasteiger charge is -2.09. The first-order chi connectivity index (χ1) is 6.31. The van der Waals surface area contributed by atoms with Crippen LogP contribution in [0.5, 0.6) is 0 Å². The monoisotopic (exact) mass is 204 g/mol. The first-order valence-electron chi connectivity index (χ1n) is 5.60. The van der Waals surface area contributed by atoms with E-state index in [-0.39, 0.29) is 6.10 Å². The van der Waals surface area contributed by atoms with E-state index in [2.05, 4.69) is 27.7 Å². The maximum Gasteiger partial charge on any atom is 0.0514 e. The zero-order chi connectivity index (χ0) is 11.7. The van der Waals surface area contributed by atoms with Crippen molar-refractivity contribution >= 4 is 0 Å². The highest BCUT2D eigenvalue weighted by Gasteiger charge is 2.02. The third-order valence-electron chi connectivity index (χ3n) is 2.24. The molecule has 0 aliphatic rings. The van der Waals surface area contributed by atoms with Crippen LogP contribution >= 0.6 is 0 Å². The summed E-state index contributed by atoms with van der Waals surface area (Å²) in [5, 5.41) is 17.2. The molecule has 2 heteroatoms. The van der Waals surface area contributed by atoms with E-state index in [1.807, 2.05) is 13.8 Å². The van der Waals surface area contributed by atoms with Crippen LogP contribution in [-0.4, -0.2) is 22.9 Å². The van der Waals surface area contributed by atoms with E-state index in [0.717, 1.165) is 6.42 Å². The van der Waals surface area contributed by atoms with Crippen molar-refractivity contribution in [2.45, 2.75) is 54.1 Å². The summed E-state index contributed by atoms with van der Waals surface area (Å²) in [5.74, 6) is 1.70. The largest absolute Gasteiger partial charge is 0.396 e. The van der Waals surface area contributed by atoms with Gasteiger partial charge in [0, 0.05) is 6.61 Å². The smallest absolute Gasteiger partial charge is 0.0514 e. The molecule has 0 aromatic carbocycles. The highest BCUT2D eigenvalue weighted by molar-refractivity contribution is 4.52. The molecule has 0 radical (unpaired) electrons. The molecule has 2 atom stereocenters. The van der Waals surface area contributed by atoms with Crippen molar-refractivity contribution < 1.29 is 10.2 Å². The van der Waals surface area contributed by atoms with Crippen LogP contribution in [0.3, 0.4) is 0 Å². The number of hydrogen-bond acceptors (Lipinski definition) is 2. The van der Waals surface area contributed by atoms with Gasteiger partial charge in [0.2, 0.25) is 0 Å². The molecule has 2 nitrogen and oxygen atoms in total. The Bertz CT molecular complexity index is 103. The first kappa shape index (κ1) is 16.4. The summed E-state index contributed by atoms with van der Waals surface area (Å²) in [7, 11) is 0. The van der Waals surface area contributed by atoms with Gasteiger partial charge in [-0.25, -0.2) is 0 Å². The Hall–Kier alpha value is -0.0800. The lowest BCUT2D eigenvalue weighted by molar-refractivity contribution is 0.168. The zero-order valence-electron chi connectivity index (χ0n) is 10.6. The van der Waals surface area contributed by atoms with E-state index in [0.29, 0.717) is 24.4 Å². The average Bonchev–Trinajstić information content (AvgIpc) is 2.01. The van der Waals surface area contributed by atoms with Gasteiger partial charge < -0.3 is 10.2 Å². The Balaban J connectivity index is 0. The molecule has 0 rings (SSSR count). The van der Waals surface area contributed by atoms with Crippen LogP contribution in [0.25, 0.3) is 0 Å². The Morgan fingerprint density at radius 1 is 0.929 bits per heavy atom. The van der Waals surface area contributed by atoms with Gasteiger partial charge >= 0.3 is 0 Å². The van der Waals surface area contributed by atoms with Crippen LogP contribution in [0.2, 0.25) is 0 Å². The van der Waals surface area contributed by atoms with Gasteiger partial charge in [-0.15, -0.1) is 0 Å². The van der Waals surface area contributed by atoms with E-state index in [9.17, 15) is 0 Å². The van der Waals surface area contributed by atoms with E-state index in [1.165, 1.54) is 0 Å². The van der Waals surface area contributed by atoms with Gasteiger partial charge in [-0.1, -0.05) is 34.6 Å². The van der Waals surface area contributed by atoms with Crippen molar-refractivity contribution in [2.24, 2.45) is 17.8 Å². The van der Waals surface area contributed by atoms with Gasteiger partial charge in [-0.3, -0.25) is 0 Å². The fraction of sp³-hybridized carbons (Fsp3) is 1.00. The molecular weight excluding hydrogens is 176 g/mol. The third-order valence-corrected chi connectivity index (χ3v) is 2.24. The number of aliphatic hydroxyl groups excluding tert-OH is 2. The molecule has 0 saturated heterocycles. The normalized spacial score (nSPS) is 15.0. The van der Waals surface area contributed by atoms with Gasteiger partial charge in [0.15, 0.2) is 0 Å². The number of rotatable bonds is 4. The molecule has 0 fully saturated rings. The van der Waals surface area contributed by atoms with Crippen molar-refractivity contribution in [3.63, 3.8) is 0 Å². The standard InChI is InChI=1S/2C6H14O/c1-5(2)6(3)4-7;1-5(2)4-6(3)7/h2*5-7H,4H2,1-3H3. The lowest BCUT2D eigenvalue weighted by atomic mass is 10.00.